The number of thiazole rings is 1. The molecule has 0 bridgehead atoms. The first-order chi connectivity index (χ1) is 3.97. The standard InChI is InChI=1S/C5H3NSSe/c1-2-8-5-4(1)7-3-6-5/h1-3H. The Labute approximate surface area is 56.7 Å². The molecule has 0 atom stereocenters. The third-order valence-electron chi connectivity index (χ3n) is 0.960. The normalized spacial score (nSPS) is 10.5. The Morgan fingerprint density at radius 2 is 2.62 bits per heavy atom. The molecule has 0 saturated carbocycles. The maximum atomic E-state index is 4.18. The molecule has 0 aliphatic rings. The van der Waals surface area contributed by atoms with Gasteiger partial charge in [-0.15, -0.1) is 0 Å². The Hall–Kier alpha value is -0.111. The molecule has 0 amide bonds. The van der Waals surface area contributed by atoms with Crippen molar-refractivity contribution in [2.45, 2.75) is 0 Å². The fourth-order valence-corrected chi connectivity index (χ4v) is 3.40. The molecular weight excluding hydrogens is 185 g/mol. The molecule has 0 aliphatic carbocycles. The average molecular weight is 188 g/mol. The molecule has 0 aromatic carbocycles. The van der Waals surface area contributed by atoms with E-state index in [1.165, 1.54) is 9.09 Å². The molecule has 0 unspecified atom stereocenters. The summed E-state index contributed by atoms with van der Waals surface area (Å²) in [7, 11) is 0. The van der Waals surface area contributed by atoms with E-state index in [2.05, 4.69) is 16.0 Å². The second-order valence-electron chi connectivity index (χ2n) is 1.44. The zero-order valence-corrected chi connectivity index (χ0v) is 6.53. The molecule has 0 aliphatic heterocycles. The van der Waals surface area contributed by atoms with Crippen molar-refractivity contribution in [1.29, 1.82) is 0 Å². The SMILES string of the molecule is c1nc2[se]ccc2s1. The van der Waals surface area contributed by atoms with Gasteiger partial charge in [0.15, 0.2) is 0 Å². The van der Waals surface area contributed by atoms with Gasteiger partial charge in [0.25, 0.3) is 0 Å². The molecule has 0 N–H and O–H groups in total. The molecule has 0 fully saturated rings. The Kier molecular flexibility index (Phi) is 1.00. The molecular formula is C5H3NSSe. The van der Waals surface area contributed by atoms with E-state index in [9.17, 15) is 0 Å². The number of nitrogens with zero attached hydrogens (tertiary/aromatic N) is 1. The minimum atomic E-state index is 0.551. The summed E-state index contributed by atoms with van der Waals surface area (Å²) in [5.74, 6) is 0. The summed E-state index contributed by atoms with van der Waals surface area (Å²) < 4.78 is 2.67. The Bertz CT molecular complexity index is 234. The van der Waals surface area contributed by atoms with Crippen LogP contribution in [-0.2, 0) is 0 Å². The number of aromatic nitrogens is 1. The molecule has 0 spiro atoms. The van der Waals surface area contributed by atoms with Crippen LogP contribution in [0.5, 0.6) is 0 Å². The fraction of sp³-hybridized carbons (Fsp3) is 0. The summed E-state index contributed by atoms with van der Waals surface area (Å²) in [5.41, 5.74) is 1.91. The number of rotatable bonds is 0. The summed E-state index contributed by atoms with van der Waals surface area (Å²) in [5, 5.41) is 0. The molecule has 3 heteroatoms. The predicted octanol–water partition coefficient (Wildman–Crippen LogP) is 1.35. The van der Waals surface area contributed by atoms with Crippen molar-refractivity contribution in [3.63, 3.8) is 0 Å². The van der Waals surface area contributed by atoms with E-state index < -0.39 is 0 Å². The molecule has 2 heterocycles. The van der Waals surface area contributed by atoms with Gasteiger partial charge in [0.05, 0.1) is 0 Å². The van der Waals surface area contributed by atoms with Gasteiger partial charge in [0.1, 0.15) is 0 Å². The van der Waals surface area contributed by atoms with Gasteiger partial charge in [0.2, 0.25) is 0 Å². The van der Waals surface area contributed by atoms with E-state index in [4.69, 9.17) is 0 Å². The van der Waals surface area contributed by atoms with E-state index in [0.29, 0.717) is 14.5 Å². The molecule has 2 aromatic rings. The van der Waals surface area contributed by atoms with Crippen molar-refractivity contribution < 1.29 is 0 Å². The van der Waals surface area contributed by atoms with Crippen molar-refractivity contribution in [3.8, 4) is 0 Å². The first-order valence-electron chi connectivity index (χ1n) is 2.23. The van der Waals surface area contributed by atoms with E-state index >= 15 is 0 Å². The third kappa shape index (κ3) is 0.558. The zero-order valence-electron chi connectivity index (χ0n) is 4.00. The Morgan fingerprint density at radius 1 is 1.62 bits per heavy atom. The van der Waals surface area contributed by atoms with Gasteiger partial charge in [-0.2, -0.15) is 0 Å². The number of hydrogen-bond acceptors (Lipinski definition) is 2. The summed E-state index contributed by atoms with van der Waals surface area (Å²) in [6.07, 6.45) is 0. The predicted molar refractivity (Wildman–Crippen MR) is 36.6 cm³/mol. The van der Waals surface area contributed by atoms with Crippen LogP contribution >= 0.6 is 11.3 Å². The molecule has 1 nitrogen and oxygen atoms in total. The number of hydrogen-bond donors (Lipinski definition) is 0. The fourth-order valence-electron chi connectivity index (χ4n) is 0.604. The van der Waals surface area contributed by atoms with Crippen molar-refractivity contribution in [3.05, 3.63) is 16.5 Å². The van der Waals surface area contributed by atoms with Gasteiger partial charge in [-0.3, -0.25) is 0 Å². The topological polar surface area (TPSA) is 12.9 Å². The summed E-state index contributed by atoms with van der Waals surface area (Å²) in [6.45, 7) is 0. The van der Waals surface area contributed by atoms with Gasteiger partial charge < -0.3 is 0 Å². The maximum absolute atomic E-state index is 4.18. The molecule has 0 saturated heterocycles. The van der Waals surface area contributed by atoms with Gasteiger partial charge >= 0.3 is 56.4 Å². The van der Waals surface area contributed by atoms with Crippen LogP contribution in [-0.4, -0.2) is 19.5 Å². The molecule has 40 valence electrons. The van der Waals surface area contributed by atoms with Crippen LogP contribution in [0.15, 0.2) is 16.5 Å². The summed E-state index contributed by atoms with van der Waals surface area (Å²) >= 11 is 2.28. The van der Waals surface area contributed by atoms with Crippen molar-refractivity contribution in [2.24, 2.45) is 0 Å². The average Bonchev–Trinajstić information content (AvgIpc) is 2.15. The third-order valence-corrected chi connectivity index (χ3v) is 3.77. The van der Waals surface area contributed by atoms with Gasteiger partial charge in [-0.25, -0.2) is 0 Å². The van der Waals surface area contributed by atoms with Gasteiger partial charge in [-0.05, 0) is 0 Å². The van der Waals surface area contributed by atoms with Crippen molar-refractivity contribution in [2.75, 3.05) is 0 Å². The Morgan fingerprint density at radius 3 is 3.50 bits per heavy atom. The zero-order chi connectivity index (χ0) is 5.40. The van der Waals surface area contributed by atoms with Crippen molar-refractivity contribution >= 4 is 34.9 Å². The first kappa shape index (κ1) is 4.74. The second-order valence-corrected chi connectivity index (χ2v) is 4.21. The molecule has 2 aromatic heterocycles. The van der Waals surface area contributed by atoms with Gasteiger partial charge in [-0.1, -0.05) is 0 Å². The van der Waals surface area contributed by atoms with Crippen LogP contribution in [0.2, 0.25) is 0 Å². The Balaban J connectivity index is 3.06. The van der Waals surface area contributed by atoms with Crippen LogP contribution in [0.1, 0.15) is 0 Å². The van der Waals surface area contributed by atoms with Crippen LogP contribution in [0.25, 0.3) is 9.09 Å². The van der Waals surface area contributed by atoms with E-state index in [-0.39, 0.29) is 0 Å². The number of fused-ring (bicyclic) bond motifs is 1. The first-order valence-corrected chi connectivity index (χ1v) is 4.96. The minimum absolute atomic E-state index is 0.551. The van der Waals surface area contributed by atoms with E-state index in [0.717, 1.165) is 0 Å². The monoisotopic (exact) mass is 189 g/mol. The van der Waals surface area contributed by atoms with Crippen LogP contribution in [0.3, 0.4) is 0 Å². The summed E-state index contributed by atoms with van der Waals surface area (Å²) in [6, 6.07) is 2.16. The molecule has 2 rings (SSSR count). The summed E-state index contributed by atoms with van der Waals surface area (Å²) in [4.78, 5) is 6.39. The van der Waals surface area contributed by atoms with Crippen LogP contribution in [0.4, 0.5) is 0 Å². The van der Waals surface area contributed by atoms with Crippen LogP contribution in [0, 0.1) is 0 Å². The van der Waals surface area contributed by atoms with Crippen LogP contribution < -0.4 is 0 Å². The van der Waals surface area contributed by atoms with E-state index in [1.54, 1.807) is 11.3 Å². The molecule has 8 heavy (non-hydrogen) atoms. The van der Waals surface area contributed by atoms with Gasteiger partial charge in [0, 0.05) is 0 Å². The second kappa shape index (κ2) is 1.69. The van der Waals surface area contributed by atoms with E-state index in [1.807, 2.05) is 5.51 Å². The van der Waals surface area contributed by atoms with Crippen molar-refractivity contribution in [1.82, 2.24) is 4.98 Å². The molecule has 0 radical (unpaired) electrons. The quantitative estimate of drug-likeness (QED) is 0.569.